The Balaban J connectivity index is 2.36. The lowest BCUT2D eigenvalue weighted by atomic mass is 10.1. The summed E-state index contributed by atoms with van der Waals surface area (Å²) in [5.41, 5.74) is 1.09. The summed E-state index contributed by atoms with van der Waals surface area (Å²) in [6.07, 6.45) is 0. The second kappa shape index (κ2) is 6.08. The molecule has 0 fully saturated rings. The predicted octanol–water partition coefficient (Wildman–Crippen LogP) is 3.66. The first-order chi connectivity index (χ1) is 7.88. The molecule has 0 radical (unpaired) electrons. The highest BCUT2D eigenvalue weighted by atomic mass is 35.5. The zero-order chi connectivity index (χ0) is 12.9. The Morgan fingerprint density at radius 3 is 2.59 bits per heavy atom. The van der Waals surface area contributed by atoms with Crippen molar-refractivity contribution in [1.29, 1.82) is 0 Å². The van der Waals surface area contributed by atoms with Gasteiger partial charge in [-0.05, 0) is 38.5 Å². The van der Waals surface area contributed by atoms with Gasteiger partial charge >= 0.3 is 0 Å². The van der Waals surface area contributed by atoms with Gasteiger partial charge in [0.1, 0.15) is 12.4 Å². The molecule has 1 aromatic carbocycles. The molecule has 94 valence electrons. The molecule has 0 unspecified atom stereocenters. The van der Waals surface area contributed by atoms with Gasteiger partial charge in [0, 0.05) is 12.1 Å². The lowest BCUT2D eigenvalue weighted by Gasteiger charge is -2.21. The lowest BCUT2D eigenvalue weighted by molar-refractivity contribution is 0.341. The van der Waals surface area contributed by atoms with E-state index in [0.29, 0.717) is 17.4 Å². The zero-order valence-corrected chi connectivity index (χ0v) is 11.5. The minimum Gasteiger partial charge on any atom is -0.488 e. The molecule has 0 amide bonds. The van der Waals surface area contributed by atoms with E-state index < -0.39 is 0 Å². The standard InChI is InChI=1S/C14H20ClNO/c1-11(9-16-14(2,3)4)10-17-13-8-6-5-7-12(13)15/h5-8,16H,1,9-10H2,2-4H3. The maximum absolute atomic E-state index is 5.99. The van der Waals surface area contributed by atoms with Gasteiger partial charge in [-0.15, -0.1) is 0 Å². The van der Waals surface area contributed by atoms with E-state index >= 15 is 0 Å². The third-order valence-corrected chi connectivity index (χ3v) is 2.45. The number of benzene rings is 1. The van der Waals surface area contributed by atoms with Crippen LogP contribution in [0, 0.1) is 0 Å². The molecule has 0 bridgehead atoms. The lowest BCUT2D eigenvalue weighted by Crippen LogP contribution is -2.37. The highest BCUT2D eigenvalue weighted by molar-refractivity contribution is 6.32. The molecular formula is C14H20ClNO. The maximum atomic E-state index is 5.99. The van der Waals surface area contributed by atoms with Gasteiger partial charge in [0.05, 0.1) is 5.02 Å². The average Bonchev–Trinajstić information content (AvgIpc) is 2.24. The van der Waals surface area contributed by atoms with Gasteiger partial charge in [0.25, 0.3) is 0 Å². The molecule has 3 heteroatoms. The largest absolute Gasteiger partial charge is 0.488 e. The van der Waals surface area contributed by atoms with Crippen LogP contribution < -0.4 is 10.1 Å². The summed E-state index contributed by atoms with van der Waals surface area (Å²) in [6, 6.07) is 7.45. The first-order valence-corrected chi connectivity index (χ1v) is 6.05. The summed E-state index contributed by atoms with van der Waals surface area (Å²) in [5, 5.41) is 3.99. The van der Waals surface area contributed by atoms with Crippen LogP contribution in [0.15, 0.2) is 36.4 Å². The minimum atomic E-state index is 0.0906. The highest BCUT2D eigenvalue weighted by Crippen LogP contribution is 2.23. The quantitative estimate of drug-likeness (QED) is 0.809. The summed E-state index contributed by atoms with van der Waals surface area (Å²) in [5.74, 6) is 0.700. The first kappa shape index (κ1) is 14.1. The topological polar surface area (TPSA) is 21.3 Å². The van der Waals surface area contributed by atoms with Crippen LogP contribution in [0.1, 0.15) is 20.8 Å². The Bertz CT molecular complexity index is 382. The Morgan fingerprint density at radius 2 is 2.00 bits per heavy atom. The van der Waals surface area contributed by atoms with Gasteiger partial charge in [0.15, 0.2) is 0 Å². The molecule has 1 rings (SSSR count). The van der Waals surface area contributed by atoms with Gasteiger partial charge in [-0.25, -0.2) is 0 Å². The summed E-state index contributed by atoms with van der Waals surface area (Å²) in [6.45, 7) is 11.6. The smallest absolute Gasteiger partial charge is 0.138 e. The molecule has 0 spiro atoms. The fourth-order valence-corrected chi connectivity index (χ4v) is 1.37. The Kier molecular flexibility index (Phi) is 5.03. The third kappa shape index (κ3) is 5.76. The number of nitrogens with one attached hydrogen (secondary N) is 1. The number of ether oxygens (including phenoxy) is 1. The van der Waals surface area contributed by atoms with E-state index in [1.54, 1.807) is 0 Å². The fourth-order valence-electron chi connectivity index (χ4n) is 1.18. The molecule has 0 aliphatic heterocycles. The fraction of sp³-hybridized carbons (Fsp3) is 0.429. The third-order valence-electron chi connectivity index (χ3n) is 2.14. The number of hydrogen-bond acceptors (Lipinski definition) is 2. The van der Waals surface area contributed by atoms with Gasteiger partial charge in [-0.3, -0.25) is 0 Å². The molecule has 0 heterocycles. The van der Waals surface area contributed by atoms with Gasteiger partial charge < -0.3 is 10.1 Å². The van der Waals surface area contributed by atoms with Crippen LogP contribution in [0.5, 0.6) is 5.75 Å². The number of hydrogen-bond donors (Lipinski definition) is 1. The number of halogens is 1. The summed E-state index contributed by atoms with van der Waals surface area (Å²) in [7, 11) is 0. The molecule has 0 saturated carbocycles. The Morgan fingerprint density at radius 1 is 1.35 bits per heavy atom. The molecule has 0 aromatic heterocycles. The van der Waals surface area contributed by atoms with E-state index in [9.17, 15) is 0 Å². The SMILES string of the molecule is C=C(CNC(C)(C)C)COc1ccccc1Cl. The van der Waals surface area contributed by atoms with Crippen LogP contribution in [-0.4, -0.2) is 18.7 Å². The molecule has 17 heavy (non-hydrogen) atoms. The van der Waals surface area contributed by atoms with Gasteiger partial charge in [0.2, 0.25) is 0 Å². The molecule has 1 aromatic rings. The summed E-state index contributed by atoms with van der Waals surface area (Å²) < 4.78 is 5.59. The Hall–Kier alpha value is -0.990. The highest BCUT2D eigenvalue weighted by Gasteiger charge is 2.09. The van der Waals surface area contributed by atoms with Crippen molar-refractivity contribution in [3.8, 4) is 5.75 Å². The van der Waals surface area contributed by atoms with Gasteiger partial charge in [-0.2, -0.15) is 0 Å². The number of rotatable bonds is 5. The second-order valence-corrected chi connectivity index (χ2v) is 5.48. The van der Waals surface area contributed by atoms with Crippen LogP contribution in [0.3, 0.4) is 0 Å². The molecule has 0 saturated heterocycles. The zero-order valence-electron chi connectivity index (χ0n) is 10.7. The van der Waals surface area contributed by atoms with Gasteiger partial charge in [-0.1, -0.05) is 30.3 Å². The molecule has 0 aliphatic rings. The summed E-state index contributed by atoms with van der Waals surface area (Å²) in [4.78, 5) is 0. The van der Waals surface area contributed by atoms with Crippen molar-refractivity contribution in [2.45, 2.75) is 26.3 Å². The van der Waals surface area contributed by atoms with Crippen molar-refractivity contribution in [3.05, 3.63) is 41.4 Å². The van der Waals surface area contributed by atoms with E-state index in [1.165, 1.54) is 0 Å². The predicted molar refractivity (Wildman–Crippen MR) is 73.8 cm³/mol. The van der Waals surface area contributed by atoms with Crippen LogP contribution in [0.4, 0.5) is 0 Å². The molecule has 0 aliphatic carbocycles. The maximum Gasteiger partial charge on any atom is 0.138 e. The summed E-state index contributed by atoms with van der Waals surface area (Å²) >= 11 is 5.99. The van der Waals surface area contributed by atoms with E-state index in [0.717, 1.165) is 12.1 Å². The van der Waals surface area contributed by atoms with E-state index in [1.807, 2.05) is 24.3 Å². The van der Waals surface area contributed by atoms with Crippen molar-refractivity contribution in [3.63, 3.8) is 0 Å². The van der Waals surface area contributed by atoms with E-state index in [4.69, 9.17) is 16.3 Å². The average molecular weight is 254 g/mol. The molecule has 0 atom stereocenters. The van der Waals surface area contributed by atoms with Crippen molar-refractivity contribution in [1.82, 2.24) is 5.32 Å². The van der Waals surface area contributed by atoms with Crippen LogP contribution in [0.25, 0.3) is 0 Å². The van der Waals surface area contributed by atoms with Crippen molar-refractivity contribution in [2.75, 3.05) is 13.2 Å². The Labute approximate surface area is 109 Å². The van der Waals surface area contributed by atoms with Crippen LogP contribution >= 0.6 is 11.6 Å². The van der Waals surface area contributed by atoms with Crippen LogP contribution in [0.2, 0.25) is 5.02 Å². The van der Waals surface area contributed by atoms with Crippen molar-refractivity contribution >= 4 is 11.6 Å². The number of para-hydroxylation sites is 1. The van der Waals surface area contributed by atoms with Crippen LogP contribution in [-0.2, 0) is 0 Å². The van der Waals surface area contributed by atoms with Crippen molar-refractivity contribution < 1.29 is 4.74 Å². The van der Waals surface area contributed by atoms with Crippen molar-refractivity contribution in [2.24, 2.45) is 0 Å². The minimum absolute atomic E-state index is 0.0906. The molecule has 2 nitrogen and oxygen atoms in total. The monoisotopic (exact) mass is 253 g/mol. The normalized spacial score (nSPS) is 11.3. The molecular weight excluding hydrogens is 234 g/mol. The second-order valence-electron chi connectivity index (χ2n) is 5.07. The van der Waals surface area contributed by atoms with E-state index in [-0.39, 0.29) is 5.54 Å². The molecule has 1 N–H and O–H groups in total. The first-order valence-electron chi connectivity index (χ1n) is 5.67. The van der Waals surface area contributed by atoms with E-state index in [2.05, 4.69) is 32.7 Å².